The third-order valence-corrected chi connectivity index (χ3v) is 5.60. The molecule has 136 valence electrons. The molecule has 0 saturated heterocycles. The summed E-state index contributed by atoms with van der Waals surface area (Å²) in [6.45, 7) is 6.03. The highest BCUT2D eigenvalue weighted by atomic mass is 127. The number of unbranched alkanes of at least 4 members (excludes halogenated alkanes) is 2. The van der Waals surface area contributed by atoms with Crippen LogP contribution in [0.3, 0.4) is 0 Å². The largest absolute Gasteiger partial charge is 0.376 e. The smallest absolute Gasteiger partial charge is 0.0717 e. The van der Waals surface area contributed by atoms with Gasteiger partial charge in [-0.2, -0.15) is 0 Å². The average Bonchev–Trinajstić information content (AvgIpc) is 2.64. The van der Waals surface area contributed by atoms with E-state index in [1.54, 1.807) is 11.1 Å². The lowest BCUT2D eigenvalue weighted by atomic mass is 9.95. The topological polar surface area (TPSA) is 9.23 Å². The fourth-order valence-corrected chi connectivity index (χ4v) is 3.85. The molecule has 0 bridgehead atoms. The Labute approximate surface area is 167 Å². The van der Waals surface area contributed by atoms with Crippen molar-refractivity contribution >= 4 is 22.6 Å². The van der Waals surface area contributed by atoms with Crippen LogP contribution in [0.5, 0.6) is 0 Å². The van der Waals surface area contributed by atoms with Gasteiger partial charge in [-0.15, -0.1) is 0 Å². The minimum atomic E-state index is 0.703. The van der Waals surface area contributed by atoms with Gasteiger partial charge in [0.25, 0.3) is 0 Å². The fraction of sp³-hybridized carbons (Fsp3) is 0.478. The van der Waals surface area contributed by atoms with Gasteiger partial charge in [0.05, 0.1) is 13.2 Å². The third-order valence-electron chi connectivity index (χ3n) is 4.60. The van der Waals surface area contributed by atoms with Crippen LogP contribution < -0.4 is 0 Å². The zero-order valence-electron chi connectivity index (χ0n) is 15.7. The molecule has 0 aliphatic rings. The summed E-state index contributed by atoms with van der Waals surface area (Å²) in [6, 6.07) is 15.3. The van der Waals surface area contributed by atoms with E-state index in [0.717, 1.165) is 13.0 Å². The van der Waals surface area contributed by atoms with Gasteiger partial charge in [0.2, 0.25) is 0 Å². The fourth-order valence-electron chi connectivity index (χ4n) is 3.05. The van der Waals surface area contributed by atoms with Gasteiger partial charge in [-0.3, -0.25) is 0 Å². The lowest BCUT2D eigenvalue weighted by molar-refractivity contribution is 0.123. The van der Waals surface area contributed by atoms with Gasteiger partial charge >= 0.3 is 0 Å². The van der Waals surface area contributed by atoms with Crippen LogP contribution in [-0.2, 0) is 30.6 Å². The van der Waals surface area contributed by atoms with Crippen molar-refractivity contribution in [2.45, 2.75) is 65.4 Å². The van der Waals surface area contributed by atoms with Crippen molar-refractivity contribution in [2.24, 2.45) is 0 Å². The number of ether oxygens (including phenoxy) is 1. The highest BCUT2D eigenvalue weighted by molar-refractivity contribution is 14.1. The second-order valence-corrected chi connectivity index (χ2v) is 7.87. The highest BCUT2D eigenvalue weighted by Gasteiger charge is 2.08. The number of halogens is 1. The molecule has 0 N–H and O–H groups in total. The van der Waals surface area contributed by atoms with E-state index in [4.69, 9.17) is 4.74 Å². The molecule has 0 aliphatic carbocycles. The van der Waals surface area contributed by atoms with Crippen molar-refractivity contribution in [3.05, 3.63) is 68.3 Å². The zero-order chi connectivity index (χ0) is 17.9. The zero-order valence-corrected chi connectivity index (χ0v) is 17.8. The standard InChI is InChI=1S/C23H31IO/c1-3-5-12-20-16-22(23(24)17-21(20)13-6-4-2)14-15-25-18-19-10-8-7-9-11-19/h7-11,16-17H,3-6,12-15,18H2,1-2H3. The summed E-state index contributed by atoms with van der Waals surface area (Å²) in [5, 5.41) is 0. The Balaban J connectivity index is 1.96. The third kappa shape index (κ3) is 7.10. The van der Waals surface area contributed by atoms with Crippen molar-refractivity contribution in [1.29, 1.82) is 0 Å². The summed E-state index contributed by atoms with van der Waals surface area (Å²) in [6.07, 6.45) is 8.52. The van der Waals surface area contributed by atoms with E-state index >= 15 is 0 Å². The van der Waals surface area contributed by atoms with E-state index in [1.807, 2.05) is 6.07 Å². The Kier molecular flexibility index (Phi) is 9.56. The Morgan fingerprint density at radius 2 is 1.44 bits per heavy atom. The number of hydrogen-bond donors (Lipinski definition) is 0. The van der Waals surface area contributed by atoms with Crippen molar-refractivity contribution in [3.63, 3.8) is 0 Å². The molecule has 0 aromatic heterocycles. The van der Waals surface area contributed by atoms with Gasteiger partial charge in [0, 0.05) is 3.57 Å². The van der Waals surface area contributed by atoms with E-state index in [2.05, 4.69) is 72.8 Å². The normalized spacial score (nSPS) is 11.0. The first-order valence-corrected chi connectivity index (χ1v) is 10.7. The molecular formula is C23H31IO. The molecule has 2 rings (SSSR count). The first-order chi connectivity index (χ1) is 12.2. The monoisotopic (exact) mass is 450 g/mol. The molecule has 0 amide bonds. The molecule has 0 unspecified atom stereocenters. The summed E-state index contributed by atoms with van der Waals surface area (Å²) < 4.78 is 7.29. The van der Waals surface area contributed by atoms with Crippen LogP contribution in [0, 0.1) is 3.57 Å². The van der Waals surface area contributed by atoms with E-state index < -0.39 is 0 Å². The molecule has 0 atom stereocenters. The van der Waals surface area contributed by atoms with Crippen LogP contribution in [0.2, 0.25) is 0 Å². The van der Waals surface area contributed by atoms with E-state index in [1.165, 1.54) is 53.2 Å². The van der Waals surface area contributed by atoms with Crippen LogP contribution in [-0.4, -0.2) is 6.61 Å². The SMILES string of the molecule is CCCCc1cc(I)c(CCOCc2ccccc2)cc1CCCC. The second-order valence-electron chi connectivity index (χ2n) is 6.71. The van der Waals surface area contributed by atoms with Crippen molar-refractivity contribution in [2.75, 3.05) is 6.61 Å². The summed E-state index contributed by atoms with van der Waals surface area (Å²) >= 11 is 2.50. The first-order valence-electron chi connectivity index (χ1n) is 9.66. The molecule has 0 fully saturated rings. The van der Waals surface area contributed by atoms with E-state index in [9.17, 15) is 0 Å². The molecule has 2 aromatic rings. The lowest BCUT2D eigenvalue weighted by Gasteiger charge is -2.14. The molecule has 2 heteroatoms. The Hall–Kier alpha value is -0.870. The van der Waals surface area contributed by atoms with Gasteiger partial charge in [-0.25, -0.2) is 0 Å². The molecular weight excluding hydrogens is 419 g/mol. The predicted octanol–water partition coefficient (Wildman–Crippen LogP) is 6.74. The van der Waals surface area contributed by atoms with Crippen LogP contribution in [0.1, 0.15) is 61.8 Å². The quantitative estimate of drug-likeness (QED) is 0.272. The Bertz CT molecular complexity index is 621. The van der Waals surface area contributed by atoms with Crippen LogP contribution in [0.25, 0.3) is 0 Å². The first kappa shape index (κ1) is 20.4. The van der Waals surface area contributed by atoms with Gasteiger partial charge in [0.15, 0.2) is 0 Å². The summed E-state index contributed by atoms with van der Waals surface area (Å²) in [7, 11) is 0. The maximum atomic E-state index is 5.89. The molecule has 0 aliphatic heterocycles. The molecule has 0 heterocycles. The molecule has 2 aromatic carbocycles. The number of rotatable bonds is 11. The lowest BCUT2D eigenvalue weighted by Crippen LogP contribution is -2.04. The minimum absolute atomic E-state index is 0.703. The van der Waals surface area contributed by atoms with Gasteiger partial charge in [0.1, 0.15) is 0 Å². The second kappa shape index (κ2) is 11.7. The molecule has 1 nitrogen and oxygen atoms in total. The van der Waals surface area contributed by atoms with Crippen molar-refractivity contribution < 1.29 is 4.74 Å². The predicted molar refractivity (Wildman–Crippen MR) is 116 cm³/mol. The average molecular weight is 450 g/mol. The Morgan fingerprint density at radius 3 is 2.08 bits per heavy atom. The van der Waals surface area contributed by atoms with Gasteiger partial charge < -0.3 is 4.74 Å². The Morgan fingerprint density at radius 1 is 0.800 bits per heavy atom. The van der Waals surface area contributed by atoms with Gasteiger partial charge in [-0.05, 0) is 83.0 Å². The minimum Gasteiger partial charge on any atom is -0.376 e. The summed E-state index contributed by atoms with van der Waals surface area (Å²) in [5.41, 5.74) is 5.82. The van der Waals surface area contributed by atoms with Crippen molar-refractivity contribution in [3.8, 4) is 0 Å². The number of hydrogen-bond acceptors (Lipinski definition) is 1. The molecule has 0 saturated carbocycles. The van der Waals surface area contributed by atoms with E-state index in [0.29, 0.717) is 6.61 Å². The molecule has 0 radical (unpaired) electrons. The van der Waals surface area contributed by atoms with Crippen LogP contribution >= 0.6 is 22.6 Å². The molecule has 0 spiro atoms. The maximum Gasteiger partial charge on any atom is 0.0717 e. The maximum absolute atomic E-state index is 5.89. The summed E-state index contributed by atoms with van der Waals surface area (Å²) in [4.78, 5) is 0. The van der Waals surface area contributed by atoms with Crippen LogP contribution in [0.15, 0.2) is 42.5 Å². The number of aryl methyl sites for hydroxylation is 2. The molecule has 25 heavy (non-hydrogen) atoms. The van der Waals surface area contributed by atoms with Crippen molar-refractivity contribution in [1.82, 2.24) is 0 Å². The highest BCUT2D eigenvalue weighted by Crippen LogP contribution is 2.23. The van der Waals surface area contributed by atoms with Crippen LogP contribution in [0.4, 0.5) is 0 Å². The van der Waals surface area contributed by atoms with E-state index in [-0.39, 0.29) is 0 Å². The van der Waals surface area contributed by atoms with Gasteiger partial charge in [-0.1, -0.05) is 63.1 Å². The number of benzene rings is 2. The summed E-state index contributed by atoms with van der Waals surface area (Å²) in [5.74, 6) is 0.